The summed E-state index contributed by atoms with van der Waals surface area (Å²) in [7, 11) is -1.49. The van der Waals surface area contributed by atoms with E-state index < -0.39 is 22.0 Å². The molecule has 0 aliphatic rings. The third-order valence-electron chi connectivity index (χ3n) is 2.57. The number of hydrogen-bond donors (Lipinski definition) is 1. The second kappa shape index (κ2) is 5.98. The second-order valence-corrected chi connectivity index (χ2v) is 5.96. The van der Waals surface area contributed by atoms with E-state index in [-0.39, 0.29) is 18.7 Å². The maximum atomic E-state index is 13.5. The first kappa shape index (κ1) is 15.4. The molecule has 0 fully saturated rings. The van der Waals surface area contributed by atoms with Crippen LogP contribution in [0.1, 0.15) is 6.42 Å². The summed E-state index contributed by atoms with van der Waals surface area (Å²) in [5, 5.41) is 8.53. The van der Waals surface area contributed by atoms with Gasteiger partial charge in [-0.3, -0.25) is 9.10 Å². The number of hydrogen-bond acceptors (Lipinski definition) is 3. The zero-order chi connectivity index (χ0) is 14.6. The number of carboxylic acids is 1. The first-order valence-electron chi connectivity index (χ1n) is 5.43. The Labute approximate surface area is 111 Å². The Balaban J connectivity index is 2.94. The quantitative estimate of drug-likeness (QED) is 0.845. The summed E-state index contributed by atoms with van der Waals surface area (Å²) in [5.74, 6) is -1.77. The summed E-state index contributed by atoms with van der Waals surface area (Å²) < 4.78 is 39.4. The molecule has 8 heteroatoms. The Morgan fingerprint density at radius 2 is 1.89 bits per heavy atom. The van der Waals surface area contributed by atoms with Gasteiger partial charge in [-0.15, -0.1) is 0 Å². The molecule has 0 aromatic heterocycles. The molecular formula is C11H15FN2O4S. The van der Waals surface area contributed by atoms with Crippen LogP contribution in [0.3, 0.4) is 0 Å². The number of nitrogens with zero attached hydrogens (tertiary/aromatic N) is 2. The summed E-state index contributed by atoms with van der Waals surface area (Å²) >= 11 is 0. The SMILES string of the molecule is CN(CCC(=O)O)S(=O)(=O)N(C)c1ccccc1F. The third-order valence-corrected chi connectivity index (χ3v) is 4.43. The van der Waals surface area contributed by atoms with E-state index in [0.717, 1.165) is 14.7 Å². The normalized spacial score (nSPS) is 11.6. The van der Waals surface area contributed by atoms with Crippen molar-refractivity contribution in [1.82, 2.24) is 4.31 Å². The van der Waals surface area contributed by atoms with Crippen molar-refractivity contribution in [3.8, 4) is 0 Å². The highest BCUT2D eigenvalue weighted by Gasteiger charge is 2.25. The van der Waals surface area contributed by atoms with Crippen LogP contribution >= 0.6 is 0 Å². The van der Waals surface area contributed by atoms with Gasteiger partial charge in [-0.25, -0.2) is 4.39 Å². The predicted octanol–water partition coefficient (Wildman–Crippen LogP) is 0.913. The molecule has 0 saturated carbocycles. The molecule has 1 rings (SSSR count). The van der Waals surface area contributed by atoms with E-state index in [2.05, 4.69) is 0 Å². The number of rotatable bonds is 6. The summed E-state index contributed by atoms with van der Waals surface area (Å²) in [6.45, 7) is -0.184. The van der Waals surface area contributed by atoms with Gasteiger partial charge in [0, 0.05) is 20.6 Å². The fraction of sp³-hybridized carbons (Fsp3) is 0.364. The molecule has 1 aromatic carbocycles. The van der Waals surface area contributed by atoms with Crippen molar-refractivity contribution in [3.05, 3.63) is 30.1 Å². The van der Waals surface area contributed by atoms with E-state index in [4.69, 9.17) is 5.11 Å². The molecule has 0 heterocycles. The highest BCUT2D eigenvalue weighted by Crippen LogP contribution is 2.21. The molecule has 0 atom stereocenters. The van der Waals surface area contributed by atoms with E-state index in [1.54, 1.807) is 0 Å². The molecule has 0 spiro atoms. The summed E-state index contributed by atoms with van der Waals surface area (Å²) in [5.41, 5.74) is -0.0929. The van der Waals surface area contributed by atoms with Gasteiger partial charge in [0.1, 0.15) is 5.82 Å². The standard InChI is InChI=1S/C11H15FN2O4S/c1-13(8-7-11(15)16)19(17,18)14(2)10-6-4-3-5-9(10)12/h3-6H,7-8H2,1-2H3,(H,15,16). The molecular weight excluding hydrogens is 275 g/mol. The average molecular weight is 290 g/mol. The molecule has 19 heavy (non-hydrogen) atoms. The van der Waals surface area contributed by atoms with Crippen LogP contribution in [-0.2, 0) is 15.0 Å². The number of carbonyl (C=O) groups is 1. The Bertz CT molecular complexity index is 562. The van der Waals surface area contributed by atoms with Gasteiger partial charge in [0.15, 0.2) is 0 Å². The number of para-hydroxylation sites is 1. The Hall–Kier alpha value is -1.67. The Kier molecular flexibility index (Phi) is 4.84. The van der Waals surface area contributed by atoms with E-state index in [1.165, 1.54) is 32.3 Å². The van der Waals surface area contributed by atoms with Crippen molar-refractivity contribution >= 4 is 21.9 Å². The minimum Gasteiger partial charge on any atom is -0.481 e. The lowest BCUT2D eigenvalue weighted by Gasteiger charge is -2.25. The lowest BCUT2D eigenvalue weighted by atomic mass is 10.3. The molecule has 0 bridgehead atoms. The van der Waals surface area contributed by atoms with Gasteiger partial charge < -0.3 is 5.11 Å². The largest absolute Gasteiger partial charge is 0.481 e. The van der Waals surface area contributed by atoms with Gasteiger partial charge >= 0.3 is 16.2 Å². The fourth-order valence-corrected chi connectivity index (χ4v) is 2.55. The molecule has 1 N–H and O–H groups in total. The minimum absolute atomic E-state index is 0.0929. The Morgan fingerprint density at radius 3 is 2.42 bits per heavy atom. The smallest absolute Gasteiger partial charge is 0.304 e. The molecule has 1 aromatic rings. The van der Waals surface area contributed by atoms with Gasteiger partial charge in [-0.1, -0.05) is 12.1 Å². The van der Waals surface area contributed by atoms with Crippen molar-refractivity contribution < 1.29 is 22.7 Å². The van der Waals surface area contributed by atoms with Gasteiger partial charge in [0.2, 0.25) is 0 Å². The lowest BCUT2D eigenvalue weighted by Crippen LogP contribution is -2.41. The minimum atomic E-state index is -3.95. The number of halogens is 1. The van der Waals surface area contributed by atoms with Crippen molar-refractivity contribution in [2.45, 2.75) is 6.42 Å². The molecule has 0 unspecified atom stereocenters. The second-order valence-electron chi connectivity index (χ2n) is 3.89. The molecule has 106 valence electrons. The van der Waals surface area contributed by atoms with Gasteiger partial charge in [-0.2, -0.15) is 12.7 Å². The number of benzene rings is 1. The van der Waals surface area contributed by atoms with Crippen molar-refractivity contribution in [2.24, 2.45) is 0 Å². The van der Waals surface area contributed by atoms with Crippen LogP contribution in [0.2, 0.25) is 0 Å². The zero-order valence-corrected chi connectivity index (χ0v) is 11.4. The van der Waals surface area contributed by atoms with Crippen LogP contribution in [0.25, 0.3) is 0 Å². The first-order valence-corrected chi connectivity index (χ1v) is 6.83. The van der Waals surface area contributed by atoms with Crippen LogP contribution in [0.15, 0.2) is 24.3 Å². The predicted molar refractivity (Wildman–Crippen MR) is 68.6 cm³/mol. The maximum Gasteiger partial charge on any atom is 0.304 e. The average Bonchev–Trinajstić information content (AvgIpc) is 2.35. The van der Waals surface area contributed by atoms with Crippen LogP contribution in [-0.4, -0.2) is 44.4 Å². The van der Waals surface area contributed by atoms with Crippen LogP contribution in [0, 0.1) is 5.82 Å². The lowest BCUT2D eigenvalue weighted by molar-refractivity contribution is -0.137. The highest BCUT2D eigenvalue weighted by atomic mass is 32.2. The van der Waals surface area contributed by atoms with Gasteiger partial charge in [0.05, 0.1) is 12.1 Å². The first-order chi connectivity index (χ1) is 8.76. The Morgan fingerprint density at radius 1 is 1.32 bits per heavy atom. The monoisotopic (exact) mass is 290 g/mol. The molecule has 6 nitrogen and oxygen atoms in total. The number of anilines is 1. The number of aliphatic carboxylic acids is 1. The summed E-state index contributed by atoms with van der Waals surface area (Å²) in [6, 6.07) is 5.45. The molecule has 0 aliphatic heterocycles. The van der Waals surface area contributed by atoms with Crippen molar-refractivity contribution in [3.63, 3.8) is 0 Å². The summed E-state index contributed by atoms with van der Waals surface area (Å²) in [4.78, 5) is 10.4. The van der Waals surface area contributed by atoms with Crippen LogP contribution < -0.4 is 4.31 Å². The molecule has 0 saturated heterocycles. The van der Waals surface area contributed by atoms with E-state index in [1.807, 2.05) is 0 Å². The van der Waals surface area contributed by atoms with Crippen LogP contribution in [0.4, 0.5) is 10.1 Å². The van der Waals surface area contributed by atoms with Gasteiger partial charge in [-0.05, 0) is 12.1 Å². The topological polar surface area (TPSA) is 77.9 Å². The van der Waals surface area contributed by atoms with Crippen molar-refractivity contribution in [1.29, 1.82) is 0 Å². The maximum absolute atomic E-state index is 13.5. The molecule has 0 amide bonds. The van der Waals surface area contributed by atoms with E-state index in [0.29, 0.717) is 0 Å². The fourth-order valence-electron chi connectivity index (χ4n) is 1.41. The van der Waals surface area contributed by atoms with E-state index >= 15 is 0 Å². The molecule has 0 radical (unpaired) electrons. The van der Waals surface area contributed by atoms with Gasteiger partial charge in [0.25, 0.3) is 0 Å². The third kappa shape index (κ3) is 3.65. The number of carboxylic acid groups (broad SMARTS) is 1. The van der Waals surface area contributed by atoms with E-state index in [9.17, 15) is 17.6 Å². The molecule has 0 aliphatic carbocycles. The van der Waals surface area contributed by atoms with Crippen molar-refractivity contribution in [2.75, 3.05) is 24.9 Å². The highest BCUT2D eigenvalue weighted by molar-refractivity contribution is 7.90. The van der Waals surface area contributed by atoms with Crippen LogP contribution in [0.5, 0.6) is 0 Å². The zero-order valence-electron chi connectivity index (χ0n) is 10.6. The summed E-state index contributed by atoms with van der Waals surface area (Å²) in [6.07, 6.45) is -0.319.